The topological polar surface area (TPSA) is 37.3 Å². The van der Waals surface area contributed by atoms with Crippen LogP contribution in [0.4, 0.5) is 0 Å². The van der Waals surface area contributed by atoms with Crippen molar-refractivity contribution in [3.05, 3.63) is 35.4 Å². The van der Waals surface area contributed by atoms with Crippen molar-refractivity contribution in [3.8, 4) is 0 Å². The van der Waals surface area contributed by atoms with Gasteiger partial charge in [0.05, 0.1) is 0 Å². The standard InChI is InChI=1S/C12H13BrO2/c1-8-3-5-9(6-4-8)11(2)7-12(11,13)10(14)15/h3-6H,7H2,1-2H3,(H,14,15)/t11-,12-/m1/s1. The van der Waals surface area contributed by atoms with Crippen LogP contribution in [0, 0.1) is 6.92 Å². The Balaban J connectivity index is 2.35. The van der Waals surface area contributed by atoms with Gasteiger partial charge in [0.25, 0.3) is 0 Å². The van der Waals surface area contributed by atoms with Gasteiger partial charge in [-0.3, -0.25) is 4.79 Å². The molecule has 1 aliphatic rings. The lowest BCUT2D eigenvalue weighted by atomic mass is 9.94. The maximum absolute atomic E-state index is 11.1. The van der Waals surface area contributed by atoms with Crippen molar-refractivity contribution in [2.45, 2.75) is 30.0 Å². The Morgan fingerprint density at radius 2 is 1.93 bits per heavy atom. The predicted molar refractivity (Wildman–Crippen MR) is 62.4 cm³/mol. The Bertz CT molecular complexity index is 412. The molecule has 2 rings (SSSR count). The van der Waals surface area contributed by atoms with Crippen molar-refractivity contribution in [2.24, 2.45) is 0 Å². The maximum Gasteiger partial charge on any atom is 0.321 e. The van der Waals surface area contributed by atoms with E-state index in [1.54, 1.807) is 0 Å². The van der Waals surface area contributed by atoms with Gasteiger partial charge >= 0.3 is 5.97 Å². The van der Waals surface area contributed by atoms with Gasteiger partial charge in [0.2, 0.25) is 0 Å². The van der Waals surface area contributed by atoms with Crippen molar-refractivity contribution in [3.63, 3.8) is 0 Å². The van der Waals surface area contributed by atoms with E-state index in [4.69, 9.17) is 5.11 Å². The first-order valence-corrected chi connectivity index (χ1v) is 5.69. The summed E-state index contributed by atoms with van der Waals surface area (Å²) < 4.78 is -0.769. The third-order valence-corrected chi connectivity index (χ3v) is 4.87. The molecule has 2 nitrogen and oxygen atoms in total. The molecule has 0 radical (unpaired) electrons. The minimum Gasteiger partial charge on any atom is -0.480 e. The lowest BCUT2D eigenvalue weighted by Gasteiger charge is -2.14. The van der Waals surface area contributed by atoms with Crippen LogP contribution in [0.1, 0.15) is 24.5 Å². The summed E-state index contributed by atoms with van der Waals surface area (Å²) in [6.07, 6.45) is 0.651. The quantitative estimate of drug-likeness (QED) is 0.838. The van der Waals surface area contributed by atoms with Gasteiger partial charge in [-0.25, -0.2) is 0 Å². The first kappa shape index (κ1) is 10.7. The molecule has 0 amide bonds. The average molecular weight is 269 g/mol. The summed E-state index contributed by atoms with van der Waals surface area (Å²) in [6.45, 7) is 4.01. The van der Waals surface area contributed by atoms with E-state index in [0.717, 1.165) is 5.56 Å². The summed E-state index contributed by atoms with van der Waals surface area (Å²) in [5.41, 5.74) is 2.01. The zero-order valence-corrected chi connectivity index (χ0v) is 10.3. The number of carboxylic acid groups (broad SMARTS) is 1. The Labute approximate surface area is 97.4 Å². The number of rotatable bonds is 2. The summed E-state index contributed by atoms with van der Waals surface area (Å²) in [5.74, 6) is -0.773. The van der Waals surface area contributed by atoms with Crippen LogP contribution in [0.5, 0.6) is 0 Å². The number of benzene rings is 1. The summed E-state index contributed by atoms with van der Waals surface area (Å²) in [6, 6.07) is 8.07. The molecule has 0 aromatic heterocycles. The zero-order chi connectivity index (χ0) is 11.3. The highest BCUT2D eigenvalue weighted by Crippen LogP contribution is 2.63. The maximum atomic E-state index is 11.1. The summed E-state index contributed by atoms with van der Waals surface area (Å²) >= 11 is 3.33. The first-order chi connectivity index (χ1) is 6.90. The summed E-state index contributed by atoms with van der Waals surface area (Å²) in [5, 5.41) is 9.12. The van der Waals surface area contributed by atoms with Crippen LogP contribution < -0.4 is 0 Å². The molecule has 3 heteroatoms. The Kier molecular flexibility index (Phi) is 2.19. The molecule has 0 saturated heterocycles. The fourth-order valence-electron chi connectivity index (χ4n) is 2.01. The average Bonchev–Trinajstić information content (AvgIpc) is 2.73. The highest BCUT2D eigenvalue weighted by Gasteiger charge is 2.69. The van der Waals surface area contributed by atoms with Crippen LogP contribution in [0.3, 0.4) is 0 Å². The number of carboxylic acids is 1. The van der Waals surface area contributed by atoms with Crippen molar-refractivity contribution in [1.29, 1.82) is 0 Å². The first-order valence-electron chi connectivity index (χ1n) is 4.90. The fourth-order valence-corrected chi connectivity index (χ4v) is 2.80. The van der Waals surface area contributed by atoms with E-state index in [-0.39, 0.29) is 5.41 Å². The SMILES string of the molecule is Cc1ccc([C@@]2(C)C[C@@]2(Br)C(=O)O)cc1. The Hall–Kier alpha value is -0.830. The molecule has 1 saturated carbocycles. The van der Waals surface area contributed by atoms with Gasteiger partial charge in [-0.15, -0.1) is 0 Å². The summed E-state index contributed by atoms with van der Waals surface area (Å²) in [4.78, 5) is 11.1. The monoisotopic (exact) mass is 268 g/mol. The molecule has 80 valence electrons. The van der Waals surface area contributed by atoms with Gasteiger partial charge in [-0.2, -0.15) is 0 Å². The van der Waals surface area contributed by atoms with E-state index < -0.39 is 10.3 Å². The number of halogens is 1. The Morgan fingerprint density at radius 1 is 1.40 bits per heavy atom. The van der Waals surface area contributed by atoms with Gasteiger partial charge in [-0.1, -0.05) is 52.7 Å². The second kappa shape index (κ2) is 3.08. The Morgan fingerprint density at radius 3 is 2.33 bits per heavy atom. The van der Waals surface area contributed by atoms with E-state index in [1.807, 2.05) is 38.1 Å². The van der Waals surface area contributed by atoms with Crippen molar-refractivity contribution >= 4 is 21.9 Å². The van der Waals surface area contributed by atoms with Gasteiger partial charge < -0.3 is 5.11 Å². The van der Waals surface area contributed by atoms with Crippen molar-refractivity contribution in [1.82, 2.24) is 0 Å². The normalized spacial score (nSPS) is 33.8. The minimum absolute atomic E-state index is 0.271. The van der Waals surface area contributed by atoms with E-state index >= 15 is 0 Å². The number of carbonyl (C=O) groups is 1. The molecule has 1 N–H and O–H groups in total. The lowest BCUT2D eigenvalue weighted by molar-refractivity contribution is -0.137. The second-order valence-electron chi connectivity index (χ2n) is 4.48. The largest absolute Gasteiger partial charge is 0.480 e. The molecular formula is C12H13BrO2. The zero-order valence-electron chi connectivity index (χ0n) is 8.75. The second-order valence-corrected chi connectivity index (χ2v) is 5.83. The highest BCUT2D eigenvalue weighted by atomic mass is 79.9. The van der Waals surface area contributed by atoms with Crippen LogP contribution in [-0.4, -0.2) is 15.4 Å². The van der Waals surface area contributed by atoms with Gasteiger partial charge in [0.15, 0.2) is 0 Å². The van der Waals surface area contributed by atoms with Crippen LogP contribution in [0.25, 0.3) is 0 Å². The lowest BCUT2D eigenvalue weighted by Crippen LogP contribution is -2.24. The van der Waals surface area contributed by atoms with E-state index in [0.29, 0.717) is 6.42 Å². The highest BCUT2D eigenvalue weighted by molar-refractivity contribution is 9.10. The number of alkyl halides is 1. The smallest absolute Gasteiger partial charge is 0.321 e. The van der Waals surface area contributed by atoms with Gasteiger partial charge in [0.1, 0.15) is 4.32 Å². The van der Waals surface area contributed by atoms with Gasteiger partial charge in [0, 0.05) is 5.41 Å². The minimum atomic E-state index is -0.773. The fraction of sp³-hybridized carbons (Fsp3) is 0.417. The van der Waals surface area contributed by atoms with Crippen LogP contribution >= 0.6 is 15.9 Å². The van der Waals surface area contributed by atoms with Gasteiger partial charge in [-0.05, 0) is 18.9 Å². The summed E-state index contributed by atoms with van der Waals surface area (Å²) in [7, 11) is 0. The van der Waals surface area contributed by atoms with E-state index in [2.05, 4.69) is 15.9 Å². The van der Waals surface area contributed by atoms with Crippen LogP contribution in [0.15, 0.2) is 24.3 Å². The number of hydrogen-bond acceptors (Lipinski definition) is 1. The van der Waals surface area contributed by atoms with Crippen LogP contribution in [-0.2, 0) is 10.2 Å². The molecule has 1 fully saturated rings. The molecule has 2 atom stereocenters. The molecule has 1 aromatic rings. The molecule has 0 aliphatic heterocycles. The molecular weight excluding hydrogens is 256 g/mol. The number of hydrogen-bond donors (Lipinski definition) is 1. The van der Waals surface area contributed by atoms with E-state index in [1.165, 1.54) is 5.56 Å². The molecule has 0 spiro atoms. The molecule has 0 heterocycles. The number of aliphatic carboxylic acids is 1. The van der Waals surface area contributed by atoms with Crippen molar-refractivity contribution < 1.29 is 9.90 Å². The third kappa shape index (κ3) is 1.41. The predicted octanol–water partition coefficient (Wildman–Crippen LogP) is 2.87. The molecule has 1 aromatic carbocycles. The molecule has 0 unspecified atom stereocenters. The van der Waals surface area contributed by atoms with Crippen LogP contribution in [0.2, 0.25) is 0 Å². The molecule has 1 aliphatic carbocycles. The van der Waals surface area contributed by atoms with Crippen molar-refractivity contribution in [2.75, 3.05) is 0 Å². The van der Waals surface area contributed by atoms with E-state index in [9.17, 15) is 4.79 Å². The molecule has 15 heavy (non-hydrogen) atoms. The number of aryl methyl sites for hydroxylation is 1. The third-order valence-electron chi connectivity index (χ3n) is 3.37. The molecule has 0 bridgehead atoms.